The number of ether oxygens (including phenoxy) is 3. The summed E-state index contributed by atoms with van der Waals surface area (Å²) in [7, 11) is 0. The molecule has 2 aromatic rings. The van der Waals surface area contributed by atoms with Crippen molar-refractivity contribution in [3.8, 4) is 28.7 Å². The minimum Gasteiger partial charge on any atom is -0.508 e. The molecule has 2 heterocycles. The quantitative estimate of drug-likeness (QED) is 0.343. The minimum absolute atomic E-state index is 0.0402. The number of aliphatic hydroxyl groups is 3. The largest absolute Gasteiger partial charge is 0.508 e. The van der Waals surface area contributed by atoms with E-state index >= 15 is 0 Å². The number of rotatable bonds is 3. The van der Waals surface area contributed by atoms with E-state index in [0.29, 0.717) is 5.56 Å². The van der Waals surface area contributed by atoms with Crippen molar-refractivity contribution >= 4 is 6.08 Å². The third kappa shape index (κ3) is 3.81. The van der Waals surface area contributed by atoms with Gasteiger partial charge < -0.3 is 50.0 Å². The highest BCUT2D eigenvalue weighted by atomic mass is 16.7. The van der Waals surface area contributed by atoms with Crippen molar-refractivity contribution in [3.05, 3.63) is 47.2 Å². The Morgan fingerprint density at radius 2 is 1.58 bits per heavy atom. The van der Waals surface area contributed by atoms with Crippen molar-refractivity contribution in [2.75, 3.05) is 0 Å². The third-order valence-corrected chi connectivity index (χ3v) is 5.26. The normalized spacial score (nSPS) is 30.1. The first-order chi connectivity index (χ1) is 14.7. The Kier molecular flexibility index (Phi) is 5.31. The predicted octanol–water partition coefficient (Wildman–Crippen LogP) is 0.828. The summed E-state index contributed by atoms with van der Waals surface area (Å²) < 4.78 is 17.1. The Bertz CT molecular complexity index is 1020. The summed E-state index contributed by atoms with van der Waals surface area (Å²) >= 11 is 0. The molecule has 10 nitrogen and oxygen atoms in total. The molecule has 10 heteroatoms. The van der Waals surface area contributed by atoms with Crippen LogP contribution in [0.3, 0.4) is 0 Å². The zero-order valence-electron chi connectivity index (χ0n) is 16.3. The van der Waals surface area contributed by atoms with Gasteiger partial charge in [0.25, 0.3) is 0 Å². The fourth-order valence-corrected chi connectivity index (χ4v) is 3.52. The lowest BCUT2D eigenvalue weighted by Crippen LogP contribution is -2.57. The lowest BCUT2D eigenvalue weighted by atomic mass is 9.99. The SMILES string of the molecule is C[C@@H]1O[C@@H](OC2=Cc3c(O)cc(O)cc3OC2c2ccc(O)c(O)c2)[C@@H](O)[C@H](O)[C@H]1O. The molecule has 1 saturated heterocycles. The molecule has 0 spiro atoms. The topological polar surface area (TPSA) is 169 Å². The molecule has 31 heavy (non-hydrogen) atoms. The van der Waals surface area contributed by atoms with Crippen molar-refractivity contribution in [1.82, 2.24) is 0 Å². The molecule has 0 amide bonds. The molecule has 0 aromatic heterocycles. The van der Waals surface area contributed by atoms with Crippen molar-refractivity contribution < 1.29 is 50.0 Å². The summed E-state index contributed by atoms with van der Waals surface area (Å²) in [6, 6.07) is 6.34. The van der Waals surface area contributed by atoms with Gasteiger partial charge in [-0.05, 0) is 25.1 Å². The molecule has 2 aliphatic rings. The van der Waals surface area contributed by atoms with Gasteiger partial charge in [-0.1, -0.05) is 6.07 Å². The van der Waals surface area contributed by atoms with Gasteiger partial charge in [0.1, 0.15) is 41.3 Å². The van der Waals surface area contributed by atoms with Gasteiger partial charge in [-0.15, -0.1) is 0 Å². The number of hydrogen-bond acceptors (Lipinski definition) is 10. The van der Waals surface area contributed by atoms with Crippen LogP contribution in [0.25, 0.3) is 6.08 Å². The Labute approximate surface area is 176 Å². The molecule has 6 atom stereocenters. The predicted molar refractivity (Wildman–Crippen MR) is 104 cm³/mol. The Balaban J connectivity index is 1.74. The maximum atomic E-state index is 10.3. The van der Waals surface area contributed by atoms with Crippen LogP contribution < -0.4 is 4.74 Å². The second-order valence-corrected chi connectivity index (χ2v) is 7.47. The van der Waals surface area contributed by atoms with Gasteiger partial charge in [0.15, 0.2) is 17.6 Å². The average Bonchev–Trinajstić information content (AvgIpc) is 2.72. The smallest absolute Gasteiger partial charge is 0.228 e. The number of benzene rings is 2. The lowest BCUT2D eigenvalue weighted by Gasteiger charge is -2.40. The molecule has 2 aliphatic heterocycles. The molecule has 0 aliphatic carbocycles. The highest BCUT2D eigenvalue weighted by molar-refractivity contribution is 5.69. The van der Waals surface area contributed by atoms with Crippen LogP contribution in [0.4, 0.5) is 0 Å². The number of aromatic hydroxyl groups is 4. The van der Waals surface area contributed by atoms with E-state index in [1.54, 1.807) is 0 Å². The summed E-state index contributed by atoms with van der Waals surface area (Å²) in [5.74, 6) is -1.13. The highest BCUT2D eigenvalue weighted by Crippen LogP contribution is 2.45. The Morgan fingerprint density at radius 3 is 2.29 bits per heavy atom. The van der Waals surface area contributed by atoms with Gasteiger partial charge in [0, 0.05) is 17.7 Å². The van der Waals surface area contributed by atoms with Gasteiger partial charge in [0.2, 0.25) is 6.29 Å². The van der Waals surface area contributed by atoms with Gasteiger partial charge in [-0.2, -0.15) is 0 Å². The van der Waals surface area contributed by atoms with Crippen molar-refractivity contribution in [2.45, 2.75) is 43.7 Å². The van der Waals surface area contributed by atoms with E-state index in [2.05, 4.69) is 0 Å². The fraction of sp³-hybridized carbons (Fsp3) is 0.333. The number of hydrogen-bond donors (Lipinski definition) is 7. The number of phenols is 4. The zero-order chi connectivity index (χ0) is 22.4. The summed E-state index contributed by atoms with van der Waals surface area (Å²) in [6.07, 6.45) is -6.28. The molecule has 1 fully saturated rings. The number of aliphatic hydroxyl groups excluding tert-OH is 3. The third-order valence-electron chi connectivity index (χ3n) is 5.26. The molecule has 2 aromatic carbocycles. The molecule has 0 saturated carbocycles. The maximum Gasteiger partial charge on any atom is 0.228 e. The van der Waals surface area contributed by atoms with Crippen molar-refractivity contribution in [2.24, 2.45) is 0 Å². The van der Waals surface area contributed by atoms with E-state index in [1.165, 1.54) is 37.3 Å². The molecular weight excluding hydrogens is 412 g/mol. The molecule has 7 N–H and O–H groups in total. The van der Waals surface area contributed by atoms with Crippen LogP contribution in [-0.4, -0.2) is 66.5 Å². The maximum absolute atomic E-state index is 10.3. The molecule has 0 radical (unpaired) electrons. The van der Waals surface area contributed by atoms with E-state index in [1.807, 2.05) is 0 Å². The van der Waals surface area contributed by atoms with Gasteiger partial charge in [-0.3, -0.25) is 0 Å². The van der Waals surface area contributed by atoms with E-state index < -0.39 is 42.6 Å². The van der Waals surface area contributed by atoms with Crippen LogP contribution in [-0.2, 0) is 9.47 Å². The van der Waals surface area contributed by atoms with Gasteiger partial charge >= 0.3 is 0 Å². The van der Waals surface area contributed by atoms with Crippen LogP contribution in [0.1, 0.15) is 24.2 Å². The minimum atomic E-state index is -1.59. The van der Waals surface area contributed by atoms with Crippen molar-refractivity contribution in [3.63, 3.8) is 0 Å². The summed E-state index contributed by atoms with van der Waals surface area (Å²) in [5, 5.41) is 69.7. The van der Waals surface area contributed by atoms with Crippen LogP contribution in [0.2, 0.25) is 0 Å². The van der Waals surface area contributed by atoms with E-state index in [0.717, 1.165) is 6.07 Å². The number of phenolic OH excluding ortho intramolecular Hbond substituents is 4. The Morgan fingerprint density at radius 1 is 0.839 bits per heavy atom. The molecule has 0 bridgehead atoms. The fourth-order valence-electron chi connectivity index (χ4n) is 3.52. The summed E-state index contributed by atoms with van der Waals surface area (Å²) in [5.41, 5.74) is 0.528. The van der Waals surface area contributed by atoms with Gasteiger partial charge in [-0.25, -0.2) is 0 Å². The lowest BCUT2D eigenvalue weighted by molar-refractivity contribution is -0.285. The standard InChI is InChI=1S/C21H22O10/c1-8-17(26)18(27)19(28)21(29-8)31-16-7-11-13(24)5-10(22)6-15(11)30-20(16)9-2-3-12(23)14(25)4-9/h2-8,17-28H,1H3/t8-,17-,18+,19-,20?,21-/m0/s1. The molecule has 4 rings (SSSR count). The molecular formula is C21H22O10. The Hall–Kier alpha value is -3.18. The van der Waals surface area contributed by atoms with Crippen molar-refractivity contribution in [1.29, 1.82) is 0 Å². The first kappa shape index (κ1) is 21.1. The second-order valence-electron chi connectivity index (χ2n) is 7.47. The summed E-state index contributed by atoms with van der Waals surface area (Å²) in [6.45, 7) is 1.50. The molecule has 166 valence electrons. The van der Waals surface area contributed by atoms with Crippen LogP contribution in [0, 0.1) is 0 Å². The zero-order valence-corrected chi connectivity index (χ0v) is 16.3. The first-order valence-corrected chi connectivity index (χ1v) is 9.48. The van der Waals surface area contributed by atoms with Crippen LogP contribution in [0.5, 0.6) is 28.7 Å². The number of fused-ring (bicyclic) bond motifs is 1. The van der Waals surface area contributed by atoms with E-state index in [4.69, 9.17) is 14.2 Å². The first-order valence-electron chi connectivity index (χ1n) is 9.48. The van der Waals surface area contributed by atoms with Crippen LogP contribution in [0.15, 0.2) is 36.1 Å². The van der Waals surface area contributed by atoms with Gasteiger partial charge in [0.05, 0.1) is 11.7 Å². The van der Waals surface area contributed by atoms with E-state index in [-0.39, 0.29) is 34.3 Å². The highest BCUT2D eigenvalue weighted by Gasteiger charge is 2.44. The van der Waals surface area contributed by atoms with Crippen LogP contribution >= 0.6 is 0 Å². The summed E-state index contributed by atoms with van der Waals surface area (Å²) in [4.78, 5) is 0. The monoisotopic (exact) mass is 434 g/mol. The molecule has 1 unspecified atom stereocenters. The van der Waals surface area contributed by atoms with E-state index in [9.17, 15) is 35.7 Å². The second kappa shape index (κ2) is 7.82. The average molecular weight is 434 g/mol.